The summed E-state index contributed by atoms with van der Waals surface area (Å²) >= 11 is 0. The second-order valence-electron chi connectivity index (χ2n) is 7.01. The molecule has 1 N–H and O–H groups in total. The molecule has 3 nitrogen and oxygen atoms in total. The van der Waals surface area contributed by atoms with Crippen molar-refractivity contribution >= 4 is 5.91 Å². The number of nitrogens with one attached hydrogen (secondary N) is 1. The van der Waals surface area contributed by atoms with Crippen LogP contribution in [0.2, 0.25) is 0 Å². The zero-order valence-corrected chi connectivity index (χ0v) is 15.4. The van der Waals surface area contributed by atoms with Crippen molar-refractivity contribution in [3.05, 3.63) is 64.2 Å². The van der Waals surface area contributed by atoms with Gasteiger partial charge in [-0.2, -0.15) is 0 Å². The third-order valence-electron chi connectivity index (χ3n) is 5.16. The highest BCUT2D eigenvalue weighted by Gasteiger charge is 2.14. The van der Waals surface area contributed by atoms with Gasteiger partial charge in [0.15, 0.2) is 6.61 Å². The van der Waals surface area contributed by atoms with Gasteiger partial charge in [0.25, 0.3) is 5.91 Å². The molecule has 0 aromatic heterocycles. The van der Waals surface area contributed by atoms with E-state index in [1.807, 2.05) is 39.0 Å². The Kier molecular flexibility index (Phi) is 5.42. The molecule has 1 aliphatic rings. The van der Waals surface area contributed by atoms with E-state index in [9.17, 15) is 4.79 Å². The van der Waals surface area contributed by atoms with Gasteiger partial charge in [0, 0.05) is 0 Å². The van der Waals surface area contributed by atoms with E-state index in [0.717, 1.165) is 17.7 Å². The van der Waals surface area contributed by atoms with Gasteiger partial charge in [-0.3, -0.25) is 4.79 Å². The van der Waals surface area contributed by atoms with Gasteiger partial charge in [0.1, 0.15) is 5.75 Å². The summed E-state index contributed by atoms with van der Waals surface area (Å²) in [6.07, 6.45) is 4.88. The summed E-state index contributed by atoms with van der Waals surface area (Å²) in [6, 6.07) is 12.5. The van der Waals surface area contributed by atoms with Crippen LogP contribution in [-0.4, -0.2) is 12.5 Å². The molecule has 0 spiro atoms. The predicted octanol–water partition coefficient (Wildman–Crippen LogP) is 4.44. The molecule has 0 bridgehead atoms. The van der Waals surface area contributed by atoms with Crippen LogP contribution < -0.4 is 10.1 Å². The lowest BCUT2D eigenvalue weighted by Crippen LogP contribution is -2.31. The van der Waals surface area contributed by atoms with Crippen LogP contribution in [0, 0.1) is 13.8 Å². The topological polar surface area (TPSA) is 38.3 Å². The first-order chi connectivity index (χ1) is 12.0. The standard InChI is InChI=1S/C22H27NO2/c1-15-7-6-10-21(16(15)2)25-14-22(24)23-17(3)19-12-11-18-8-4-5-9-20(18)13-19/h6-7,10-13,17H,4-5,8-9,14H2,1-3H3,(H,23,24)/t17-/m1/s1. The van der Waals surface area contributed by atoms with Crippen molar-refractivity contribution in [1.29, 1.82) is 0 Å². The van der Waals surface area contributed by atoms with Gasteiger partial charge in [0.05, 0.1) is 6.04 Å². The zero-order chi connectivity index (χ0) is 17.8. The number of carbonyl (C=O) groups is 1. The number of hydrogen-bond donors (Lipinski definition) is 1. The second-order valence-corrected chi connectivity index (χ2v) is 7.01. The summed E-state index contributed by atoms with van der Waals surface area (Å²) in [5.74, 6) is 0.683. The van der Waals surface area contributed by atoms with E-state index >= 15 is 0 Å². The van der Waals surface area contributed by atoms with Crippen molar-refractivity contribution < 1.29 is 9.53 Å². The molecule has 3 heteroatoms. The van der Waals surface area contributed by atoms with Gasteiger partial charge >= 0.3 is 0 Å². The monoisotopic (exact) mass is 337 g/mol. The Morgan fingerprint density at radius 2 is 1.88 bits per heavy atom. The summed E-state index contributed by atoms with van der Waals surface area (Å²) in [5.41, 5.74) is 6.32. The lowest BCUT2D eigenvalue weighted by molar-refractivity contribution is -0.123. The normalized spacial score (nSPS) is 14.5. The molecule has 0 radical (unpaired) electrons. The molecule has 1 aliphatic carbocycles. The van der Waals surface area contributed by atoms with E-state index in [1.165, 1.54) is 41.5 Å². The minimum absolute atomic E-state index is 0.0121. The third kappa shape index (κ3) is 4.22. The maximum absolute atomic E-state index is 12.2. The Hall–Kier alpha value is -2.29. The smallest absolute Gasteiger partial charge is 0.258 e. The van der Waals surface area contributed by atoms with Gasteiger partial charge in [-0.15, -0.1) is 0 Å². The Morgan fingerprint density at radius 3 is 2.68 bits per heavy atom. The van der Waals surface area contributed by atoms with Crippen molar-refractivity contribution in [1.82, 2.24) is 5.32 Å². The number of ether oxygens (including phenoxy) is 1. The van der Waals surface area contributed by atoms with Crippen LogP contribution in [0.4, 0.5) is 0 Å². The van der Waals surface area contributed by atoms with E-state index in [4.69, 9.17) is 4.74 Å². The molecule has 25 heavy (non-hydrogen) atoms. The van der Waals surface area contributed by atoms with Crippen LogP contribution in [-0.2, 0) is 17.6 Å². The van der Waals surface area contributed by atoms with E-state index < -0.39 is 0 Å². The highest BCUT2D eigenvalue weighted by atomic mass is 16.5. The summed E-state index contributed by atoms with van der Waals surface area (Å²) in [6.45, 7) is 6.12. The first-order valence-electron chi connectivity index (χ1n) is 9.14. The summed E-state index contributed by atoms with van der Waals surface area (Å²) < 4.78 is 5.69. The van der Waals surface area contributed by atoms with Crippen LogP contribution in [0.5, 0.6) is 5.75 Å². The van der Waals surface area contributed by atoms with Crippen LogP contribution in [0.25, 0.3) is 0 Å². The minimum Gasteiger partial charge on any atom is -0.483 e. The maximum Gasteiger partial charge on any atom is 0.258 e. The molecule has 0 saturated heterocycles. The maximum atomic E-state index is 12.2. The Morgan fingerprint density at radius 1 is 1.12 bits per heavy atom. The highest BCUT2D eigenvalue weighted by molar-refractivity contribution is 5.78. The molecule has 1 amide bonds. The van der Waals surface area contributed by atoms with Crippen LogP contribution in [0.15, 0.2) is 36.4 Å². The Balaban J connectivity index is 1.58. The van der Waals surface area contributed by atoms with Crippen LogP contribution >= 0.6 is 0 Å². The van der Waals surface area contributed by atoms with Crippen molar-refractivity contribution in [3.63, 3.8) is 0 Å². The average molecular weight is 337 g/mol. The van der Waals surface area contributed by atoms with Crippen molar-refractivity contribution in [3.8, 4) is 5.75 Å². The predicted molar refractivity (Wildman–Crippen MR) is 101 cm³/mol. The fourth-order valence-electron chi connectivity index (χ4n) is 3.41. The second kappa shape index (κ2) is 7.73. The fraction of sp³-hybridized carbons (Fsp3) is 0.409. The first kappa shape index (κ1) is 17.5. The molecular weight excluding hydrogens is 310 g/mol. The fourth-order valence-corrected chi connectivity index (χ4v) is 3.41. The quantitative estimate of drug-likeness (QED) is 0.876. The highest BCUT2D eigenvalue weighted by Crippen LogP contribution is 2.25. The SMILES string of the molecule is Cc1cccc(OCC(=O)N[C@H](C)c2ccc3c(c2)CCCC3)c1C. The number of rotatable bonds is 5. The number of carbonyl (C=O) groups excluding carboxylic acids is 1. The van der Waals surface area contributed by atoms with Gasteiger partial charge in [-0.05, 0) is 80.3 Å². The van der Waals surface area contributed by atoms with Gasteiger partial charge < -0.3 is 10.1 Å². The molecule has 132 valence electrons. The number of benzene rings is 2. The molecule has 0 unspecified atom stereocenters. The van der Waals surface area contributed by atoms with Crippen molar-refractivity contribution in [2.45, 2.75) is 52.5 Å². The van der Waals surface area contributed by atoms with Crippen molar-refractivity contribution in [2.75, 3.05) is 6.61 Å². The molecular formula is C22H27NO2. The number of amides is 1. The van der Waals surface area contributed by atoms with E-state index in [0.29, 0.717) is 0 Å². The summed E-state index contributed by atoms with van der Waals surface area (Å²) in [5, 5.41) is 3.04. The number of hydrogen-bond acceptors (Lipinski definition) is 2. The van der Waals surface area contributed by atoms with E-state index in [-0.39, 0.29) is 18.6 Å². The molecule has 0 fully saturated rings. The van der Waals surface area contributed by atoms with Gasteiger partial charge in [0.2, 0.25) is 0 Å². The largest absolute Gasteiger partial charge is 0.483 e. The van der Waals surface area contributed by atoms with Crippen LogP contribution in [0.3, 0.4) is 0 Å². The van der Waals surface area contributed by atoms with E-state index in [1.54, 1.807) is 0 Å². The third-order valence-corrected chi connectivity index (χ3v) is 5.16. The Bertz CT molecular complexity index is 767. The van der Waals surface area contributed by atoms with Crippen molar-refractivity contribution in [2.24, 2.45) is 0 Å². The molecule has 0 heterocycles. The molecule has 1 atom stereocenters. The van der Waals surface area contributed by atoms with E-state index in [2.05, 4.69) is 23.5 Å². The minimum atomic E-state index is -0.0915. The lowest BCUT2D eigenvalue weighted by atomic mass is 9.89. The van der Waals surface area contributed by atoms with Gasteiger partial charge in [-0.25, -0.2) is 0 Å². The molecule has 3 rings (SSSR count). The Labute approximate surface area is 150 Å². The molecule has 0 saturated carbocycles. The zero-order valence-electron chi connectivity index (χ0n) is 15.4. The summed E-state index contributed by atoms with van der Waals surface area (Å²) in [4.78, 5) is 12.2. The summed E-state index contributed by atoms with van der Waals surface area (Å²) in [7, 11) is 0. The molecule has 2 aromatic carbocycles. The average Bonchev–Trinajstić information content (AvgIpc) is 2.62. The number of aryl methyl sites for hydroxylation is 3. The first-order valence-corrected chi connectivity index (χ1v) is 9.14. The number of fused-ring (bicyclic) bond motifs is 1. The van der Waals surface area contributed by atoms with Crippen LogP contribution in [0.1, 0.15) is 53.6 Å². The lowest BCUT2D eigenvalue weighted by Gasteiger charge is -2.20. The molecule has 0 aliphatic heterocycles. The molecule has 2 aromatic rings. The van der Waals surface area contributed by atoms with Gasteiger partial charge in [-0.1, -0.05) is 30.3 Å².